The van der Waals surface area contributed by atoms with Crippen molar-refractivity contribution in [2.45, 2.75) is 52.4 Å². The van der Waals surface area contributed by atoms with Crippen LogP contribution >= 0.6 is 23.2 Å². The molecule has 0 aliphatic carbocycles. The topological polar surface area (TPSA) is 18.5 Å². The summed E-state index contributed by atoms with van der Waals surface area (Å²) in [5.41, 5.74) is 3.07. The molecule has 2 radical (unpaired) electrons. The summed E-state index contributed by atoms with van der Waals surface area (Å²) in [6.07, 6.45) is 0. The molecule has 0 fully saturated rings. The Bertz CT molecular complexity index is 743. The maximum absolute atomic E-state index is 6.62. The molecule has 0 aliphatic rings. The van der Waals surface area contributed by atoms with E-state index in [9.17, 15) is 0 Å². The van der Waals surface area contributed by atoms with Crippen molar-refractivity contribution in [1.82, 2.24) is 0 Å². The summed E-state index contributed by atoms with van der Waals surface area (Å²) < 4.78 is 11.0. The lowest BCUT2D eigenvalue weighted by Crippen LogP contribution is -2.13. The fourth-order valence-corrected chi connectivity index (χ4v) is 3.08. The van der Waals surface area contributed by atoms with E-state index < -0.39 is 0 Å². The van der Waals surface area contributed by atoms with Crippen LogP contribution in [-0.2, 0) is 10.8 Å². The van der Waals surface area contributed by atoms with Crippen molar-refractivity contribution in [1.29, 1.82) is 0 Å². The molecule has 0 saturated carbocycles. The van der Waals surface area contributed by atoms with Gasteiger partial charge in [0.15, 0.2) is 0 Å². The van der Waals surface area contributed by atoms with Gasteiger partial charge in [0.05, 0.1) is 24.3 Å². The van der Waals surface area contributed by atoms with E-state index in [-0.39, 0.29) is 10.8 Å². The lowest BCUT2D eigenvalue weighted by molar-refractivity contribution is 0.412. The average molecular weight is 393 g/mol. The number of halogens is 2. The van der Waals surface area contributed by atoms with E-state index in [0.717, 1.165) is 11.1 Å². The Morgan fingerprint density at radius 3 is 1.23 bits per heavy atom. The van der Waals surface area contributed by atoms with Gasteiger partial charge in [-0.15, -0.1) is 0 Å². The average Bonchev–Trinajstić information content (AvgIpc) is 2.53. The smallest absolute Gasteiger partial charge is 0.138 e. The van der Waals surface area contributed by atoms with Gasteiger partial charge in [0.2, 0.25) is 0 Å². The third kappa shape index (κ3) is 4.13. The summed E-state index contributed by atoms with van der Waals surface area (Å²) in [7, 11) is 3.21. The Morgan fingerprint density at radius 1 is 0.692 bits per heavy atom. The minimum absolute atomic E-state index is 0.120. The molecule has 0 heterocycles. The molecule has 0 amide bonds. The summed E-state index contributed by atoms with van der Waals surface area (Å²) in [5.74, 6) is 1.19. The van der Waals surface area contributed by atoms with Gasteiger partial charge in [0.25, 0.3) is 0 Å². The highest BCUT2D eigenvalue weighted by molar-refractivity contribution is 6.38. The van der Waals surface area contributed by atoms with Gasteiger partial charge in [-0.3, -0.25) is 0 Å². The molecule has 0 bridgehead atoms. The van der Waals surface area contributed by atoms with Crippen LogP contribution in [0.4, 0.5) is 0 Å². The Labute approximate surface area is 167 Å². The van der Waals surface area contributed by atoms with Crippen LogP contribution in [0.15, 0.2) is 12.1 Å². The zero-order valence-corrected chi connectivity index (χ0v) is 18.2. The fraction of sp³-hybridized carbons (Fsp3) is 0.455. The van der Waals surface area contributed by atoms with Crippen molar-refractivity contribution in [3.63, 3.8) is 0 Å². The highest BCUT2D eigenvalue weighted by Gasteiger charge is 2.25. The van der Waals surface area contributed by atoms with Crippen LogP contribution in [0.2, 0.25) is 10.0 Å². The second-order valence-corrected chi connectivity index (χ2v) is 9.14. The minimum Gasteiger partial charge on any atom is -0.495 e. The van der Waals surface area contributed by atoms with E-state index in [1.165, 1.54) is 0 Å². The highest BCUT2D eigenvalue weighted by Crippen LogP contribution is 2.45. The number of methoxy groups -OCH3 is 2. The third-order valence-electron chi connectivity index (χ3n) is 4.25. The molecule has 0 aromatic heterocycles. The summed E-state index contributed by atoms with van der Waals surface area (Å²) >= 11 is 13.2. The van der Waals surface area contributed by atoms with Crippen molar-refractivity contribution in [2.24, 2.45) is 0 Å². The standard InChI is InChI=1S/C22H26Cl2O2/c1-21(2,3)13-9-15(19(23)17(11-13)25-7)16-10-14(22(4,5)6)12-18(26-8)20(16)24/h11-12H,1-8H3. The number of rotatable bonds is 3. The van der Waals surface area contributed by atoms with E-state index in [4.69, 9.17) is 32.7 Å². The molecule has 0 spiro atoms. The van der Waals surface area contributed by atoms with Crippen molar-refractivity contribution >= 4 is 23.2 Å². The van der Waals surface area contributed by atoms with E-state index in [1.54, 1.807) is 14.2 Å². The van der Waals surface area contributed by atoms with Crippen LogP contribution in [0, 0.1) is 12.1 Å². The van der Waals surface area contributed by atoms with Gasteiger partial charge in [0.1, 0.15) is 11.5 Å². The SMILES string of the molecule is COc1cc(C(C)(C)C)[c]c(-c2[c]c(C(C)(C)C)cc(OC)c2Cl)c1Cl. The van der Waals surface area contributed by atoms with Gasteiger partial charge >= 0.3 is 0 Å². The van der Waals surface area contributed by atoms with Crippen molar-refractivity contribution in [2.75, 3.05) is 14.2 Å². The van der Waals surface area contributed by atoms with E-state index in [2.05, 4.69) is 53.7 Å². The maximum Gasteiger partial charge on any atom is 0.138 e. The summed E-state index contributed by atoms with van der Waals surface area (Å²) in [5, 5.41) is 0.929. The summed E-state index contributed by atoms with van der Waals surface area (Å²) in [6.45, 7) is 12.7. The molecule has 140 valence electrons. The molecule has 0 atom stereocenters. The molecule has 2 nitrogen and oxygen atoms in total. The van der Waals surface area contributed by atoms with Crippen LogP contribution in [-0.4, -0.2) is 14.2 Å². The number of hydrogen-bond acceptors (Lipinski definition) is 2. The molecule has 2 aromatic carbocycles. The van der Waals surface area contributed by atoms with Crippen LogP contribution in [0.3, 0.4) is 0 Å². The van der Waals surface area contributed by atoms with E-state index >= 15 is 0 Å². The van der Waals surface area contributed by atoms with Gasteiger partial charge < -0.3 is 9.47 Å². The third-order valence-corrected chi connectivity index (χ3v) is 5.00. The molecule has 2 aromatic rings. The molecule has 2 rings (SSSR count). The molecule has 0 saturated heterocycles. The predicted molar refractivity (Wildman–Crippen MR) is 110 cm³/mol. The lowest BCUT2D eigenvalue weighted by Gasteiger charge is -2.24. The number of benzene rings is 2. The first-order valence-electron chi connectivity index (χ1n) is 8.51. The number of hydrogen-bond donors (Lipinski definition) is 0. The Kier molecular flexibility index (Phi) is 5.90. The maximum atomic E-state index is 6.62. The van der Waals surface area contributed by atoms with Crippen molar-refractivity contribution < 1.29 is 9.47 Å². The molecular formula is C22H26Cl2O2. The predicted octanol–water partition coefficient (Wildman–Crippen LogP) is 6.87. The van der Waals surface area contributed by atoms with E-state index in [1.807, 2.05) is 12.1 Å². The van der Waals surface area contributed by atoms with Gasteiger partial charge in [-0.05, 0) is 46.2 Å². The monoisotopic (exact) mass is 392 g/mol. The highest BCUT2D eigenvalue weighted by atomic mass is 35.5. The summed E-state index contributed by atoms with van der Waals surface area (Å²) in [6, 6.07) is 10.7. The largest absolute Gasteiger partial charge is 0.495 e. The van der Waals surface area contributed by atoms with Crippen LogP contribution in [0.1, 0.15) is 52.7 Å². The summed E-state index contributed by atoms with van der Waals surface area (Å²) in [4.78, 5) is 0. The minimum atomic E-state index is -0.120. The zero-order chi connectivity index (χ0) is 19.9. The molecule has 26 heavy (non-hydrogen) atoms. The van der Waals surface area contributed by atoms with Gasteiger partial charge in [-0.25, -0.2) is 0 Å². The second kappa shape index (κ2) is 7.32. The molecular weight excluding hydrogens is 367 g/mol. The lowest BCUT2D eigenvalue weighted by atomic mass is 9.83. The van der Waals surface area contributed by atoms with Gasteiger partial charge in [-0.1, -0.05) is 64.7 Å². The first-order chi connectivity index (χ1) is 11.9. The Hall–Kier alpha value is -1.38. The fourth-order valence-electron chi connectivity index (χ4n) is 2.54. The van der Waals surface area contributed by atoms with Crippen LogP contribution in [0.25, 0.3) is 11.1 Å². The Balaban J connectivity index is 2.86. The Morgan fingerprint density at radius 2 is 1.00 bits per heavy atom. The zero-order valence-electron chi connectivity index (χ0n) is 16.7. The quantitative estimate of drug-likeness (QED) is 0.566. The van der Waals surface area contributed by atoms with Crippen molar-refractivity contribution in [3.8, 4) is 22.6 Å². The van der Waals surface area contributed by atoms with Gasteiger partial charge in [0, 0.05) is 11.1 Å². The normalized spacial score (nSPS) is 12.2. The van der Waals surface area contributed by atoms with Gasteiger partial charge in [-0.2, -0.15) is 0 Å². The first-order valence-corrected chi connectivity index (χ1v) is 9.26. The molecule has 0 N–H and O–H groups in total. The molecule has 4 heteroatoms. The molecule has 0 aliphatic heterocycles. The first kappa shape index (κ1) is 20.9. The van der Waals surface area contributed by atoms with Crippen molar-refractivity contribution in [3.05, 3.63) is 45.4 Å². The van der Waals surface area contributed by atoms with E-state index in [0.29, 0.717) is 32.7 Å². The van der Waals surface area contributed by atoms with Crippen LogP contribution < -0.4 is 9.47 Å². The second-order valence-electron chi connectivity index (χ2n) is 8.38. The molecule has 0 unspecified atom stereocenters. The number of ether oxygens (including phenoxy) is 2. The van der Waals surface area contributed by atoms with Crippen LogP contribution in [0.5, 0.6) is 11.5 Å².